The van der Waals surface area contributed by atoms with Crippen molar-refractivity contribution in [3.8, 4) is 0 Å². The lowest BCUT2D eigenvalue weighted by atomic mass is 10.00. The molecule has 0 aromatic carbocycles. The van der Waals surface area contributed by atoms with Crippen LogP contribution in [0.15, 0.2) is 12.2 Å². The van der Waals surface area contributed by atoms with Gasteiger partial charge in [-0.3, -0.25) is 9.69 Å². The van der Waals surface area contributed by atoms with Gasteiger partial charge in [-0.25, -0.2) is 8.78 Å². The summed E-state index contributed by atoms with van der Waals surface area (Å²) in [4.78, 5) is 12.2. The summed E-state index contributed by atoms with van der Waals surface area (Å²) in [6, 6.07) is -0.0494. The molecule has 1 saturated carbocycles. The Morgan fingerprint density at radius 3 is 2.43 bits per heavy atom. The number of rotatable bonds is 12. The molecule has 5 atom stereocenters. The molecule has 0 saturated heterocycles. The van der Waals surface area contributed by atoms with Gasteiger partial charge < -0.3 is 10.5 Å². The number of carbonyl (C=O) groups excluding carboxylic acids is 1. The molecule has 4 nitrogen and oxygen atoms in total. The summed E-state index contributed by atoms with van der Waals surface area (Å²) in [5.74, 6) is 0.491. The summed E-state index contributed by atoms with van der Waals surface area (Å²) < 4.78 is 30.9. The van der Waals surface area contributed by atoms with Gasteiger partial charge in [0.05, 0.1) is 13.2 Å². The van der Waals surface area contributed by atoms with Crippen molar-refractivity contribution in [3.63, 3.8) is 0 Å². The van der Waals surface area contributed by atoms with E-state index in [0.717, 1.165) is 12.8 Å². The van der Waals surface area contributed by atoms with E-state index in [1.165, 1.54) is 0 Å². The molecule has 0 aromatic heterocycles. The second-order valence-corrected chi connectivity index (χ2v) is 6.36. The zero-order valence-corrected chi connectivity index (χ0v) is 14.3. The molecule has 1 aliphatic carbocycles. The Labute approximate surface area is 138 Å². The Kier molecular flexibility index (Phi) is 8.69. The van der Waals surface area contributed by atoms with Crippen LogP contribution in [0.4, 0.5) is 8.78 Å². The fourth-order valence-electron chi connectivity index (χ4n) is 3.36. The summed E-state index contributed by atoms with van der Waals surface area (Å²) in [5, 5.41) is 0. The first-order valence-corrected chi connectivity index (χ1v) is 8.45. The van der Waals surface area contributed by atoms with Crippen LogP contribution in [0, 0.1) is 17.8 Å². The van der Waals surface area contributed by atoms with Crippen LogP contribution in [0.3, 0.4) is 0 Å². The van der Waals surface area contributed by atoms with Crippen molar-refractivity contribution in [2.24, 2.45) is 23.5 Å². The molecule has 6 heteroatoms. The number of hydrogen-bond acceptors (Lipinski definition) is 4. The Bertz CT molecular complexity index is 378. The van der Waals surface area contributed by atoms with Crippen LogP contribution < -0.4 is 5.73 Å². The molecule has 2 N–H and O–H groups in total. The number of nitrogens with two attached hydrogens (primary N) is 1. The van der Waals surface area contributed by atoms with E-state index in [1.54, 1.807) is 0 Å². The summed E-state index contributed by atoms with van der Waals surface area (Å²) in [6.07, 6.45) is 3.47. The fraction of sp³-hybridized carbons (Fsp3) is 0.824. The maximum atomic E-state index is 13.0. The Hall–Kier alpha value is -1.01. The molecule has 0 bridgehead atoms. The molecule has 0 spiro atoms. The molecule has 0 heterocycles. The molecule has 1 rings (SSSR count). The molecule has 23 heavy (non-hydrogen) atoms. The van der Waals surface area contributed by atoms with Crippen LogP contribution in [-0.2, 0) is 9.53 Å². The number of nitrogens with zero attached hydrogens (tertiary/aromatic N) is 1. The Balaban J connectivity index is 2.78. The lowest BCUT2D eigenvalue weighted by Gasteiger charge is -2.28. The zero-order chi connectivity index (χ0) is 17.4. The largest absolute Gasteiger partial charge is 0.468 e. The third kappa shape index (κ3) is 6.18. The summed E-state index contributed by atoms with van der Waals surface area (Å²) in [5.41, 5.74) is 6.02. The SMILES string of the molecule is CC/C=C/C(CN(CC(F)F)C1C(CC)C1COC=O)[C@@H](C)N. The van der Waals surface area contributed by atoms with Crippen LogP contribution in [0.25, 0.3) is 0 Å². The lowest BCUT2D eigenvalue weighted by molar-refractivity contribution is -0.129. The first kappa shape index (κ1) is 20.0. The zero-order valence-electron chi connectivity index (χ0n) is 14.3. The molecule has 0 radical (unpaired) electrons. The predicted octanol–water partition coefficient (Wildman–Crippen LogP) is 2.68. The molecular weight excluding hydrogens is 302 g/mol. The van der Waals surface area contributed by atoms with Gasteiger partial charge in [0, 0.05) is 30.5 Å². The van der Waals surface area contributed by atoms with Gasteiger partial charge in [-0.2, -0.15) is 0 Å². The van der Waals surface area contributed by atoms with Gasteiger partial charge in [-0.15, -0.1) is 0 Å². The van der Waals surface area contributed by atoms with Crippen molar-refractivity contribution < 1.29 is 18.3 Å². The van der Waals surface area contributed by atoms with E-state index >= 15 is 0 Å². The minimum Gasteiger partial charge on any atom is -0.468 e. The quantitative estimate of drug-likeness (QED) is 0.441. The molecule has 134 valence electrons. The van der Waals surface area contributed by atoms with Gasteiger partial charge in [0.25, 0.3) is 12.9 Å². The minimum atomic E-state index is -2.38. The minimum absolute atomic E-state index is 0.0412. The number of allylic oxidation sites excluding steroid dienone is 1. The van der Waals surface area contributed by atoms with E-state index in [0.29, 0.717) is 25.5 Å². The Morgan fingerprint density at radius 1 is 1.26 bits per heavy atom. The average molecular weight is 332 g/mol. The van der Waals surface area contributed by atoms with E-state index in [2.05, 4.69) is 0 Å². The molecule has 4 unspecified atom stereocenters. The smallest absolute Gasteiger partial charge is 0.293 e. The molecule has 1 fully saturated rings. The lowest BCUT2D eigenvalue weighted by Crippen LogP contribution is -2.41. The van der Waals surface area contributed by atoms with Crippen molar-refractivity contribution in [3.05, 3.63) is 12.2 Å². The van der Waals surface area contributed by atoms with E-state index in [-0.39, 0.29) is 30.5 Å². The van der Waals surface area contributed by atoms with Crippen molar-refractivity contribution >= 4 is 6.47 Å². The standard InChI is InChI=1S/C17H30F2N2O2/c1-4-6-7-13(12(3)20)8-21(9-16(18)19)17-14(5-2)15(17)10-23-11-22/h6-7,11-17H,4-5,8-10,20H2,1-3H3/b7-6+/t12-,13?,14?,15?,17?/m1/s1. The van der Waals surface area contributed by atoms with Crippen LogP contribution in [-0.4, -0.2) is 49.6 Å². The molecular formula is C17H30F2N2O2. The van der Waals surface area contributed by atoms with E-state index < -0.39 is 6.43 Å². The van der Waals surface area contributed by atoms with E-state index in [1.807, 2.05) is 37.8 Å². The van der Waals surface area contributed by atoms with Crippen LogP contribution in [0.2, 0.25) is 0 Å². The number of hydrogen-bond donors (Lipinski definition) is 1. The average Bonchev–Trinajstić information content (AvgIpc) is 3.20. The Morgan fingerprint density at radius 2 is 1.96 bits per heavy atom. The van der Waals surface area contributed by atoms with Gasteiger partial charge >= 0.3 is 0 Å². The third-order valence-electron chi connectivity index (χ3n) is 4.65. The normalized spacial score (nSPS) is 26.7. The van der Waals surface area contributed by atoms with Crippen molar-refractivity contribution in [2.45, 2.75) is 52.1 Å². The molecule has 1 aliphatic rings. The third-order valence-corrected chi connectivity index (χ3v) is 4.65. The van der Waals surface area contributed by atoms with Gasteiger partial charge in [-0.05, 0) is 19.3 Å². The highest BCUT2D eigenvalue weighted by Gasteiger charge is 2.52. The number of ether oxygens (including phenoxy) is 1. The van der Waals surface area contributed by atoms with Gasteiger partial charge in [0.1, 0.15) is 0 Å². The molecule has 0 aromatic rings. The van der Waals surface area contributed by atoms with Gasteiger partial charge in [0.2, 0.25) is 0 Å². The second-order valence-electron chi connectivity index (χ2n) is 6.36. The topological polar surface area (TPSA) is 55.6 Å². The summed E-state index contributed by atoms with van der Waals surface area (Å²) >= 11 is 0. The van der Waals surface area contributed by atoms with Crippen molar-refractivity contribution in [1.29, 1.82) is 0 Å². The van der Waals surface area contributed by atoms with Crippen molar-refractivity contribution in [2.75, 3.05) is 19.7 Å². The van der Waals surface area contributed by atoms with Crippen LogP contribution >= 0.6 is 0 Å². The number of halogens is 2. The van der Waals surface area contributed by atoms with Gasteiger partial charge in [0.15, 0.2) is 0 Å². The van der Waals surface area contributed by atoms with Crippen LogP contribution in [0.5, 0.6) is 0 Å². The summed E-state index contributed by atoms with van der Waals surface area (Å²) in [7, 11) is 0. The highest BCUT2D eigenvalue weighted by molar-refractivity contribution is 5.37. The predicted molar refractivity (Wildman–Crippen MR) is 87.2 cm³/mol. The van der Waals surface area contributed by atoms with Crippen molar-refractivity contribution in [1.82, 2.24) is 4.90 Å². The maximum absolute atomic E-state index is 13.0. The highest BCUT2D eigenvalue weighted by Crippen LogP contribution is 2.46. The monoisotopic (exact) mass is 332 g/mol. The second kappa shape index (κ2) is 9.98. The van der Waals surface area contributed by atoms with E-state index in [9.17, 15) is 13.6 Å². The van der Waals surface area contributed by atoms with E-state index in [4.69, 9.17) is 10.5 Å². The molecule has 0 aliphatic heterocycles. The van der Waals surface area contributed by atoms with Gasteiger partial charge in [-0.1, -0.05) is 32.4 Å². The summed E-state index contributed by atoms with van der Waals surface area (Å²) in [6.45, 7) is 6.96. The first-order valence-electron chi connectivity index (χ1n) is 8.45. The maximum Gasteiger partial charge on any atom is 0.293 e. The number of carbonyl (C=O) groups is 1. The first-order chi connectivity index (χ1) is 11.0. The molecule has 0 amide bonds. The highest BCUT2D eigenvalue weighted by atomic mass is 19.3. The number of alkyl halides is 2. The fourth-order valence-corrected chi connectivity index (χ4v) is 3.36. The van der Waals surface area contributed by atoms with Crippen LogP contribution in [0.1, 0.15) is 33.6 Å².